The highest BCUT2D eigenvalue weighted by Crippen LogP contribution is 2.28. The minimum Gasteiger partial charge on any atom is -0.369 e. The van der Waals surface area contributed by atoms with Crippen molar-refractivity contribution in [3.8, 4) is 0 Å². The molecule has 1 unspecified atom stereocenters. The minimum absolute atomic E-state index is 0.511. The fraction of sp³-hybridized carbons (Fsp3) is 0.429. The molecule has 0 bridgehead atoms. The molecule has 1 fully saturated rings. The van der Waals surface area contributed by atoms with Crippen LogP contribution in [-0.2, 0) is 13.6 Å². The second-order valence-electron chi connectivity index (χ2n) is 5.11. The van der Waals surface area contributed by atoms with Crippen LogP contribution in [0.15, 0.2) is 34.9 Å². The van der Waals surface area contributed by atoms with Crippen LogP contribution in [-0.4, -0.2) is 34.1 Å². The highest BCUT2D eigenvalue weighted by atomic mass is 79.9. The van der Waals surface area contributed by atoms with Gasteiger partial charge in [-0.3, -0.25) is 4.68 Å². The van der Waals surface area contributed by atoms with Crippen LogP contribution in [0.25, 0.3) is 0 Å². The fourth-order valence-electron chi connectivity index (χ4n) is 2.57. The normalized spacial score (nSPS) is 18.7. The molecule has 1 N–H and O–H groups in total. The quantitative estimate of drug-likeness (QED) is 0.927. The molecule has 20 heavy (non-hydrogen) atoms. The van der Waals surface area contributed by atoms with E-state index in [2.05, 4.69) is 60.7 Å². The van der Waals surface area contributed by atoms with E-state index >= 15 is 0 Å². The second kappa shape index (κ2) is 5.93. The van der Waals surface area contributed by atoms with Crippen LogP contribution >= 0.6 is 15.9 Å². The maximum absolute atomic E-state index is 3.95. The van der Waals surface area contributed by atoms with Crippen molar-refractivity contribution in [1.29, 1.82) is 0 Å². The number of hydrogen-bond acceptors (Lipinski definition) is 4. The molecule has 0 saturated carbocycles. The van der Waals surface area contributed by atoms with E-state index in [1.165, 1.54) is 5.69 Å². The minimum atomic E-state index is 0.511. The largest absolute Gasteiger partial charge is 0.369 e. The third-order valence-electron chi connectivity index (χ3n) is 3.76. The average molecular weight is 336 g/mol. The Bertz CT molecular complexity index is 582. The molecular weight excluding hydrogens is 318 g/mol. The van der Waals surface area contributed by atoms with Crippen LogP contribution in [0.2, 0.25) is 0 Å². The monoisotopic (exact) mass is 335 g/mol. The van der Waals surface area contributed by atoms with E-state index in [1.807, 2.05) is 17.9 Å². The van der Waals surface area contributed by atoms with Gasteiger partial charge in [-0.15, -0.1) is 5.10 Å². The molecule has 5 nitrogen and oxygen atoms in total. The standard InChI is InChI=1S/C14H18BrN5/c1-19-12(9-17-18-19)8-16-11-6-7-20(10-11)14-5-3-2-4-13(14)15/h2-5,9,11,16H,6-8,10H2,1H3. The average Bonchev–Trinajstić information content (AvgIpc) is 3.06. The van der Waals surface area contributed by atoms with Crippen LogP contribution in [0.5, 0.6) is 0 Å². The zero-order valence-corrected chi connectivity index (χ0v) is 13.0. The number of halogens is 1. The molecule has 1 aliphatic rings. The molecule has 0 radical (unpaired) electrons. The summed E-state index contributed by atoms with van der Waals surface area (Å²) in [7, 11) is 1.92. The van der Waals surface area contributed by atoms with Gasteiger partial charge in [-0.05, 0) is 34.5 Å². The predicted octanol–water partition coefficient (Wildman–Crippen LogP) is 1.95. The maximum Gasteiger partial charge on any atom is 0.0738 e. The Hall–Kier alpha value is -1.40. The molecule has 1 aromatic heterocycles. The molecule has 1 aromatic carbocycles. The number of aromatic nitrogens is 3. The highest BCUT2D eigenvalue weighted by molar-refractivity contribution is 9.10. The SMILES string of the molecule is Cn1nncc1CNC1CCN(c2ccccc2Br)C1. The van der Waals surface area contributed by atoms with Gasteiger partial charge in [0.25, 0.3) is 0 Å². The van der Waals surface area contributed by atoms with Gasteiger partial charge < -0.3 is 10.2 Å². The molecule has 0 aliphatic carbocycles. The van der Waals surface area contributed by atoms with Gasteiger partial charge in [-0.25, -0.2) is 0 Å². The fourth-order valence-corrected chi connectivity index (χ4v) is 3.11. The van der Waals surface area contributed by atoms with Crippen LogP contribution in [0, 0.1) is 0 Å². The van der Waals surface area contributed by atoms with Crippen molar-refractivity contribution in [3.63, 3.8) is 0 Å². The molecule has 2 aromatic rings. The maximum atomic E-state index is 3.95. The Morgan fingerprint density at radius 2 is 2.25 bits per heavy atom. The summed E-state index contributed by atoms with van der Waals surface area (Å²) in [5.41, 5.74) is 2.39. The molecule has 1 saturated heterocycles. The number of rotatable bonds is 4. The van der Waals surface area contributed by atoms with Gasteiger partial charge in [0, 0.05) is 37.2 Å². The molecule has 0 amide bonds. The van der Waals surface area contributed by atoms with Crippen molar-refractivity contribution in [3.05, 3.63) is 40.6 Å². The third-order valence-corrected chi connectivity index (χ3v) is 4.43. The first-order valence-corrected chi connectivity index (χ1v) is 7.60. The van der Waals surface area contributed by atoms with Gasteiger partial charge in [0.1, 0.15) is 0 Å². The molecule has 2 heterocycles. The van der Waals surface area contributed by atoms with Crippen molar-refractivity contribution < 1.29 is 0 Å². The van der Waals surface area contributed by atoms with E-state index in [0.29, 0.717) is 6.04 Å². The number of benzene rings is 1. The number of nitrogens with zero attached hydrogens (tertiary/aromatic N) is 4. The van der Waals surface area contributed by atoms with Crippen LogP contribution in [0.1, 0.15) is 12.1 Å². The van der Waals surface area contributed by atoms with Crippen LogP contribution in [0.3, 0.4) is 0 Å². The zero-order valence-electron chi connectivity index (χ0n) is 11.5. The van der Waals surface area contributed by atoms with E-state index in [1.54, 1.807) is 0 Å². The summed E-state index contributed by atoms with van der Waals surface area (Å²) < 4.78 is 2.98. The van der Waals surface area contributed by atoms with E-state index < -0.39 is 0 Å². The van der Waals surface area contributed by atoms with Gasteiger partial charge in [0.2, 0.25) is 0 Å². The molecule has 3 rings (SSSR count). The molecule has 0 spiro atoms. The van der Waals surface area contributed by atoms with Gasteiger partial charge in [0.05, 0.1) is 17.6 Å². The van der Waals surface area contributed by atoms with Gasteiger partial charge in [0.15, 0.2) is 0 Å². The van der Waals surface area contributed by atoms with E-state index in [-0.39, 0.29) is 0 Å². The summed E-state index contributed by atoms with van der Waals surface area (Å²) in [5, 5.41) is 11.4. The predicted molar refractivity (Wildman–Crippen MR) is 82.6 cm³/mol. The Kier molecular flexibility index (Phi) is 4.03. The van der Waals surface area contributed by atoms with E-state index in [9.17, 15) is 0 Å². The van der Waals surface area contributed by atoms with Crippen molar-refractivity contribution in [2.24, 2.45) is 7.05 Å². The van der Waals surface area contributed by atoms with Gasteiger partial charge in [-0.1, -0.05) is 17.3 Å². The molecular formula is C14H18BrN5. The first-order chi connectivity index (χ1) is 9.74. The van der Waals surface area contributed by atoms with Crippen molar-refractivity contribution in [2.75, 3.05) is 18.0 Å². The third kappa shape index (κ3) is 2.86. The summed E-state index contributed by atoms with van der Waals surface area (Å²) in [6, 6.07) is 8.91. The number of aryl methyl sites for hydroxylation is 1. The Balaban J connectivity index is 1.57. The summed E-state index contributed by atoms with van der Waals surface area (Å²) in [5.74, 6) is 0. The summed E-state index contributed by atoms with van der Waals surface area (Å²) in [4.78, 5) is 2.42. The molecule has 106 valence electrons. The van der Waals surface area contributed by atoms with Crippen LogP contribution < -0.4 is 10.2 Å². The Morgan fingerprint density at radius 1 is 1.40 bits per heavy atom. The smallest absolute Gasteiger partial charge is 0.0738 e. The van der Waals surface area contributed by atoms with E-state index in [4.69, 9.17) is 0 Å². The second-order valence-corrected chi connectivity index (χ2v) is 5.97. The zero-order chi connectivity index (χ0) is 13.9. The van der Waals surface area contributed by atoms with Crippen molar-refractivity contribution in [2.45, 2.75) is 19.0 Å². The number of para-hydroxylation sites is 1. The number of anilines is 1. The van der Waals surface area contributed by atoms with Gasteiger partial charge >= 0.3 is 0 Å². The lowest BCUT2D eigenvalue weighted by atomic mass is 10.2. The molecule has 6 heteroatoms. The summed E-state index contributed by atoms with van der Waals surface area (Å²) in [6.45, 7) is 2.94. The van der Waals surface area contributed by atoms with Crippen LogP contribution in [0.4, 0.5) is 5.69 Å². The Labute approximate surface area is 127 Å². The summed E-state index contributed by atoms with van der Waals surface area (Å²) >= 11 is 3.62. The van der Waals surface area contributed by atoms with Crippen molar-refractivity contribution >= 4 is 21.6 Å². The first kappa shape index (κ1) is 13.6. The van der Waals surface area contributed by atoms with Crippen molar-refractivity contribution in [1.82, 2.24) is 20.3 Å². The lowest BCUT2D eigenvalue weighted by Crippen LogP contribution is -2.32. The Morgan fingerprint density at radius 3 is 3.00 bits per heavy atom. The molecule has 1 atom stereocenters. The first-order valence-electron chi connectivity index (χ1n) is 6.80. The number of hydrogen-bond donors (Lipinski definition) is 1. The van der Waals surface area contributed by atoms with E-state index in [0.717, 1.165) is 36.2 Å². The lowest BCUT2D eigenvalue weighted by Gasteiger charge is -2.20. The lowest BCUT2D eigenvalue weighted by molar-refractivity contribution is 0.529. The topological polar surface area (TPSA) is 46.0 Å². The number of nitrogens with one attached hydrogen (secondary N) is 1. The highest BCUT2D eigenvalue weighted by Gasteiger charge is 2.23. The molecule has 1 aliphatic heterocycles. The summed E-state index contributed by atoms with van der Waals surface area (Å²) in [6.07, 6.45) is 2.97. The van der Waals surface area contributed by atoms with Gasteiger partial charge in [-0.2, -0.15) is 0 Å².